The zero-order valence-electron chi connectivity index (χ0n) is 17.6. The minimum absolute atomic E-state index is 0.0752. The molecule has 0 aliphatic carbocycles. The average molecular weight is 461 g/mol. The number of para-hydroxylation sites is 1. The van der Waals surface area contributed by atoms with E-state index in [1.807, 2.05) is 0 Å². The number of methoxy groups -OCH3 is 2. The van der Waals surface area contributed by atoms with Gasteiger partial charge in [-0.2, -0.15) is 4.31 Å². The average Bonchev–Trinajstić information content (AvgIpc) is 2.82. The molecule has 11 heteroatoms. The van der Waals surface area contributed by atoms with Gasteiger partial charge >= 0.3 is 0 Å². The van der Waals surface area contributed by atoms with Gasteiger partial charge in [-0.1, -0.05) is 12.1 Å². The summed E-state index contributed by atoms with van der Waals surface area (Å²) >= 11 is 0. The Morgan fingerprint density at radius 2 is 1.69 bits per heavy atom. The van der Waals surface area contributed by atoms with Crippen molar-refractivity contribution in [3.63, 3.8) is 0 Å². The summed E-state index contributed by atoms with van der Waals surface area (Å²) in [7, 11) is -0.881. The molecule has 10 nitrogen and oxygen atoms in total. The number of amides is 1. The predicted molar refractivity (Wildman–Crippen MR) is 117 cm³/mol. The Labute approximate surface area is 185 Å². The molecular formula is C21H23N3O7S. The van der Waals surface area contributed by atoms with E-state index >= 15 is 0 Å². The number of carbonyl (C=O) groups excluding carboxylic acids is 1. The normalized spacial score (nSPS) is 15.0. The van der Waals surface area contributed by atoms with Crippen molar-refractivity contribution in [3.8, 4) is 11.5 Å². The number of sulfonamides is 1. The van der Waals surface area contributed by atoms with E-state index in [1.54, 1.807) is 18.2 Å². The van der Waals surface area contributed by atoms with Crippen LogP contribution in [0.5, 0.6) is 11.5 Å². The highest BCUT2D eigenvalue weighted by atomic mass is 32.2. The second-order valence-electron chi connectivity index (χ2n) is 6.90. The summed E-state index contributed by atoms with van der Waals surface area (Å²) in [6.45, 7) is 0.655. The highest BCUT2D eigenvalue weighted by Gasteiger charge is 2.30. The fourth-order valence-electron chi connectivity index (χ4n) is 3.34. The van der Waals surface area contributed by atoms with Gasteiger partial charge in [0.15, 0.2) is 11.5 Å². The molecule has 32 heavy (non-hydrogen) atoms. The molecule has 1 saturated heterocycles. The molecule has 0 spiro atoms. The molecule has 2 aromatic rings. The molecule has 0 aromatic heterocycles. The number of benzene rings is 2. The summed E-state index contributed by atoms with van der Waals surface area (Å²) in [6, 6.07) is 10.5. The molecule has 0 N–H and O–H groups in total. The van der Waals surface area contributed by atoms with E-state index < -0.39 is 14.9 Å². The first-order valence-electron chi connectivity index (χ1n) is 9.70. The van der Waals surface area contributed by atoms with Crippen LogP contribution in [-0.2, 0) is 14.8 Å². The lowest BCUT2D eigenvalue weighted by molar-refractivity contribution is -0.385. The zero-order valence-corrected chi connectivity index (χ0v) is 18.4. The van der Waals surface area contributed by atoms with Crippen molar-refractivity contribution in [1.29, 1.82) is 0 Å². The van der Waals surface area contributed by atoms with Crippen LogP contribution in [0.4, 0.5) is 5.69 Å². The fourth-order valence-corrected chi connectivity index (χ4v) is 4.77. The molecule has 0 radical (unpaired) electrons. The van der Waals surface area contributed by atoms with Gasteiger partial charge in [0.05, 0.1) is 29.6 Å². The van der Waals surface area contributed by atoms with Crippen molar-refractivity contribution in [2.75, 3.05) is 40.4 Å². The van der Waals surface area contributed by atoms with Crippen LogP contribution in [0.15, 0.2) is 53.4 Å². The Balaban J connectivity index is 1.67. The second-order valence-corrected chi connectivity index (χ2v) is 8.83. The number of rotatable bonds is 7. The molecule has 1 heterocycles. The monoisotopic (exact) mass is 461 g/mol. The first-order valence-corrected chi connectivity index (χ1v) is 11.1. The Kier molecular flexibility index (Phi) is 7.11. The number of ether oxygens (including phenoxy) is 2. The minimum atomic E-state index is -3.77. The summed E-state index contributed by atoms with van der Waals surface area (Å²) in [5.41, 5.74) is 0.225. The molecule has 0 saturated carbocycles. The number of hydrogen-bond acceptors (Lipinski definition) is 7. The zero-order chi connectivity index (χ0) is 23.3. The Morgan fingerprint density at radius 3 is 2.31 bits per heavy atom. The topological polar surface area (TPSA) is 119 Å². The number of nitro benzene ring substituents is 1. The third-order valence-electron chi connectivity index (χ3n) is 5.08. The number of carbonyl (C=O) groups is 1. The van der Waals surface area contributed by atoms with Crippen molar-refractivity contribution in [2.45, 2.75) is 4.90 Å². The smallest absolute Gasteiger partial charge is 0.276 e. The van der Waals surface area contributed by atoms with Crippen molar-refractivity contribution < 1.29 is 27.6 Å². The number of nitrogens with zero attached hydrogens (tertiary/aromatic N) is 3. The summed E-state index contributed by atoms with van der Waals surface area (Å²) in [5.74, 6) is 0.390. The minimum Gasteiger partial charge on any atom is -0.493 e. The molecule has 0 atom stereocenters. The van der Waals surface area contributed by atoms with Crippen LogP contribution in [0.2, 0.25) is 0 Å². The number of nitro groups is 1. The first-order chi connectivity index (χ1) is 15.3. The predicted octanol–water partition coefficient (Wildman–Crippen LogP) is 2.16. The molecule has 1 aliphatic heterocycles. The van der Waals surface area contributed by atoms with Gasteiger partial charge in [-0.15, -0.1) is 0 Å². The fraction of sp³-hybridized carbons (Fsp3) is 0.286. The van der Waals surface area contributed by atoms with E-state index in [9.17, 15) is 23.3 Å². The lowest BCUT2D eigenvalue weighted by Gasteiger charge is -2.33. The third-order valence-corrected chi connectivity index (χ3v) is 6.98. The molecule has 3 rings (SSSR count). The maximum Gasteiger partial charge on any atom is 0.276 e. The molecule has 2 aromatic carbocycles. The van der Waals surface area contributed by atoms with Gasteiger partial charge < -0.3 is 14.4 Å². The van der Waals surface area contributed by atoms with E-state index in [2.05, 4.69) is 0 Å². The number of piperazine rings is 1. The first kappa shape index (κ1) is 23.2. The largest absolute Gasteiger partial charge is 0.493 e. The maximum absolute atomic E-state index is 13.0. The summed E-state index contributed by atoms with van der Waals surface area (Å²) in [4.78, 5) is 24.7. The third kappa shape index (κ3) is 4.89. The molecular weight excluding hydrogens is 438 g/mol. The van der Waals surface area contributed by atoms with E-state index in [1.165, 1.54) is 59.8 Å². The molecule has 0 unspecified atom stereocenters. The van der Waals surface area contributed by atoms with Crippen molar-refractivity contribution in [1.82, 2.24) is 9.21 Å². The van der Waals surface area contributed by atoms with Gasteiger partial charge in [0.1, 0.15) is 0 Å². The van der Waals surface area contributed by atoms with E-state index in [4.69, 9.17) is 9.47 Å². The van der Waals surface area contributed by atoms with Crippen molar-refractivity contribution >= 4 is 27.7 Å². The Bertz CT molecular complexity index is 1140. The van der Waals surface area contributed by atoms with Gasteiger partial charge in [0.2, 0.25) is 15.9 Å². The van der Waals surface area contributed by atoms with Crippen LogP contribution in [0.3, 0.4) is 0 Å². The Hall–Kier alpha value is -3.44. The van der Waals surface area contributed by atoms with Crippen LogP contribution in [-0.4, -0.2) is 68.9 Å². The maximum atomic E-state index is 13.0. The van der Waals surface area contributed by atoms with Gasteiger partial charge in [-0.05, 0) is 24.3 Å². The molecule has 1 aliphatic rings. The van der Waals surface area contributed by atoms with Gasteiger partial charge in [0, 0.05) is 44.4 Å². The van der Waals surface area contributed by atoms with Crippen molar-refractivity contribution in [3.05, 3.63) is 64.2 Å². The highest BCUT2D eigenvalue weighted by Crippen LogP contribution is 2.31. The molecule has 1 fully saturated rings. The standard InChI is InChI=1S/C21H23N3O7S/c1-30-19-9-8-17(15-20(19)31-2)32(28,29)23-13-11-22(12-14-23)21(25)10-7-16-5-3-4-6-18(16)24(26)27/h3-10,15H,11-14H2,1-2H3/b10-7+. The van der Waals surface area contributed by atoms with Crippen LogP contribution in [0, 0.1) is 10.1 Å². The SMILES string of the molecule is COc1ccc(S(=O)(=O)N2CCN(C(=O)/C=C/c3ccccc3[N+](=O)[O-])CC2)cc1OC. The molecule has 0 bridgehead atoms. The lowest BCUT2D eigenvalue weighted by atomic mass is 10.1. The van der Waals surface area contributed by atoms with Crippen LogP contribution in [0.1, 0.15) is 5.56 Å². The highest BCUT2D eigenvalue weighted by molar-refractivity contribution is 7.89. The second kappa shape index (κ2) is 9.79. The summed E-state index contributed by atoms with van der Waals surface area (Å²) < 4.78 is 37.6. The lowest BCUT2D eigenvalue weighted by Crippen LogP contribution is -2.50. The van der Waals surface area contributed by atoms with Gasteiger partial charge in [-0.25, -0.2) is 8.42 Å². The molecule has 1 amide bonds. The van der Waals surface area contributed by atoms with Crippen LogP contribution in [0.25, 0.3) is 6.08 Å². The summed E-state index contributed by atoms with van der Waals surface area (Å²) in [6.07, 6.45) is 2.66. The van der Waals surface area contributed by atoms with Crippen LogP contribution >= 0.6 is 0 Å². The van der Waals surface area contributed by atoms with E-state index in [0.717, 1.165) is 0 Å². The summed E-state index contributed by atoms with van der Waals surface area (Å²) in [5, 5.41) is 11.1. The Morgan fingerprint density at radius 1 is 1.03 bits per heavy atom. The van der Waals surface area contributed by atoms with E-state index in [0.29, 0.717) is 17.1 Å². The number of hydrogen-bond donors (Lipinski definition) is 0. The quantitative estimate of drug-likeness (QED) is 0.352. The van der Waals surface area contributed by atoms with Crippen LogP contribution < -0.4 is 9.47 Å². The van der Waals surface area contributed by atoms with Crippen molar-refractivity contribution in [2.24, 2.45) is 0 Å². The van der Waals surface area contributed by atoms with E-state index in [-0.39, 0.29) is 42.7 Å². The molecule has 170 valence electrons. The van der Waals surface area contributed by atoms with Gasteiger partial charge in [0.25, 0.3) is 5.69 Å². The van der Waals surface area contributed by atoms with Gasteiger partial charge in [-0.3, -0.25) is 14.9 Å².